The van der Waals surface area contributed by atoms with Crippen LogP contribution in [0.2, 0.25) is 0 Å². The van der Waals surface area contributed by atoms with Gasteiger partial charge in [-0.25, -0.2) is 0 Å². The molecule has 0 saturated heterocycles. The summed E-state index contributed by atoms with van der Waals surface area (Å²) in [6, 6.07) is 0. The van der Waals surface area contributed by atoms with Crippen LogP contribution in [0.25, 0.3) is 0 Å². The molecule has 0 saturated carbocycles. The average Bonchev–Trinajstić information content (AvgIpc) is 2.09. The summed E-state index contributed by atoms with van der Waals surface area (Å²) < 4.78 is 0. The molecule has 0 bridgehead atoms. The summed E-state index contributed by atoms with van der Waals surface area (Å²) in [5.41, 5.74) is 0. The summed E-state index contributed by atoms with van der Waals surface area (Å²) >= 11 is 0. The predicted molar refractivity (Wildman–Crippen MR) is 51.0 cm³/mol. The molecule has 1 amide bonds. The Balaban J connectivity index is 3.13. The minimum absolute atomic E-state index is 0.0703. The van der Waals surface area contributed by atoms with E-state index in [-0.39, 0.29) is 5.91 Å². The summed E-state index contributed by atoms with van der Waals surface area (Å²) in [7, 11) is 0. The third kappa shape index (κ3) is 7.28. The second kappa shape index (κ2) is 8.27. The first-order valence-electron chi connectivity index (χ1n) is 4.39. The minimum atomic E-state index is 0.0703. The second-order valence-electron chi connectivity index (χ2n) is 2.60. The van der Waals surface area contributed by atoms with Crippen molar-refractivity contribution in [2.45, 2.75) is 19.8 Å². The van der Waals surface area contributed by atoms with Crippen LogP contribution in [0.4, 0.5) is 0 Å². The third-order valence-corrected chi connectivity index (χ3v) is 1.38. The lowest BCUT2D eigenvalue weighted by molar-refractivity contribution is -0.120. The number of amides is 1. The summed E-state index contributed by atoms with van der Waals surface area (Å²) in [6.45, 7) is 7.62. The molecular formula is C9H18N2O. The maximum absolute atomic E-state index is 11.0. The van der Waals surface area contributed by atoms with E-state index in [1.165, 1.54) is 0 Å². The fourth-order valence-electron chi connectivity index (χ4n) is 0.733. The van der Waals surface area contributed by atoms with Gasteiger partial charge in [0.2, 0.25) is 5.91 Å². The van der Waals surface area contributed by atoms with Gasteiger partial charge in [0.05, 0.1) is 6.54 Å². The Labute approximate surface area is 74.2 Å². The molecule has 3 nitrogen and oxygen atoms in total. The molecule has 0 spiro atoms. The predicted octanol–water partition coefficient (Wildman–Crippen LogP) is 0.678. The minimum Gasteiger partial charge on any atom is -0.355 e. The molecule has 70 valence electrons. The van der Waals surface area contributed by atoms with Crippen LogP contribution in [0, 0.1) is 0 Å². The Morgan fingerprint density at radius 3 is 2.83 bits per heavy atom. The Morgan fingerprint density at radius 2 is 2.25 bits per heavy atom. The van der Waals surface area contributed by atoms with Gasteiger partial charge < -0.3 is 10.6 Å². The highest BCUT2D eigenvalue weighted by molar-refractivity contribution is 5.77. The van der Waals surface area contributed by atoms with Crippen molar-refractivity contribution in [3.05, 3.63) is 12.7 Å². The van der Waals surface area contributed by atoms with Gasteiger partial charge >= 0.3 is 0 Å². The topological polar surface area (TPSA) is 41.1 Å². The Bertz CT molecular complexity index is 134. The van der Waals surface area contributed by atoms with E-state index in [2.05, 4.69) is 17.2 Å². The summed E-state index contributed by atoms with van der Waals surface area (Å²) in [4.78, 5) is 11.0. The van der Waals surface area contributed by atoms with Gasteiger partial charge in [0, 0.05) is 6.54 Å². The van der Waals surface area contributed by atoms with E-state index in [0.29, 0.717) is 6.54 Å². The second-order valence-corrected chi connectivity index (χ2v) is 2.60. The molecule has 0 aliphatic heterocycles. The first-order chi connectivity index (χ1) is 5.81. The number of carbonyl (C=O) groups excluding carboxylic acids is 1. The molecule has 0 aliphatic rings. The Morgan fingerprint density at radius 1 is 1.50 bits per heavy atom. The van der Waals surface area contributed by atoms with E-state index in [9.17, 15) is 4.79 Å². The van der Waals surface area contributed by atoms with Crippen LogP contribution < -0.4 is 10.6 Å². The molecule has 0 atom stereocenters. The van der Waals surface area contributed by atoms with Gasteiger partial charge in [0.1, 0.15) is 0 Å². The van der Waals surface area contributed by atoms with Crippen LogP contribution in [0.3, 0.4) is 0 Å². The molecule has 0 radical (unpaired) electrons. The molecule has 0 aromatic heterocycles. The van der Waals surface area contributed by atoms with E-state index < -0.39 is 0 Å². The zero-order valence-corrected chi connectivity index (χ0v) is 7.73. The van der Waals surface area contributed by atoms with Crippen molar-refractivity contribution >= 4 is 5.91 Å². The highest BCUT2D eigenvalue weighted by Gasteiger charge is 1.96. The lowest BCUT2D eigenvalue weighted by Crippen LogP contribution is -2.34. The van der Waals surface area contributed by atoms with Crippen LogP contribution in [-0.4, -0.2) is 25.5 Å². The van der Waals surface area contributed by atoms with E-state index in [1.54, 1.807) is 0 Å². The fraction of sp³-hybridized carbons (Fsp3) is 0.667. The molecular weight excluding hydrogens is 152 g/mol. The van der Waals surface area contributed by atoms with Crippen molar-refractivity contribution in [1.29, 1.82) is 0 Å². The van der Waals surface area contributed by atoms with Gasteiger partial charge in [-0.15, -0.1) is 6.58 Å². The molecule has 0 rings (SSSR count). The highest BCUT2D eigenvalue weighted by atomic mass is 16.1. The summed E-state index contributed by atoms with van der Waals surface area (Å²) in [5, 5.41) is 5.79. The van der Waals surface area contributed by atoms with Gasteiger partial charge in [-0.05, 0) is 19.4 Å². The Kier molecular flexibility index (Phi) is 7.70. The van der Waals surface area contributed by atoms with Gasteiger partial charge in [-0.3, -0.25) is 4.79 Å². The van der Waals surface area contributed by atoms with Crippen molar-refractivity contribution in [2.24, 2.45) is 0 Å². The van der Waals surface area contributed by atoms with Gasteiger partial charge in [0.15, 0.2) is 0 Å². The first-order valence-corrected chi connectivity index (χ1v) is 4.39. The van der Waals surface area contributed by atoms with E-state index in [1.807, 2.05) is 13.0 Å². The number of nitrogens with one attached hydrogen (secondary N) is 2. The average molecular weight is 170 g/mol. The largest absolute Gasteiger partial charge is 0.355 e. The monoisotopic (exact) mass is 170 g/mol. The SMILES string of the molecule is C=CCCNCC(=O)NCCC. The molecule has 0 aromatic rings. The van der Waals surface area contributed by atoms with Crippen molar-refractivity contribution < 1.29 is 4.79 Å². The third-order valence-electron chi connectivity index (χ3n) is 1.38. The van der Waals surface area contributed by atoms with Crippen LogP contribution in [0.15, 0.2) is 12.7 Å². The molecule has 0 fully saturated rings. The standard InChI is InChI=1S/C9H18N2O/c1-3-5-7-10-8-9(12)11-6-4-2/h3,10H,1,4-8H2,2H3,(H,11,12). The highest BCUT2D eigenvalue weighted by Crippen LogP contribution is 1.75. The number of rotatable bonds is 7. The molecule has 2 N–H and O–H groups in total. The zero-order chi connectivity index (χ0) is 9.23. The van der Waals surface area contributed by atoms with E-state index in [4.69, 9.17) is 0 Å². The molecule has 0 aromatic carbocycles. The van der Waals surface area contributed by atoms with Crippen molar-refractivity contribution in [3.8, 4) is 0 Å². The van der Waals surface area contributed by atoms with E-state index >= 15 is 0 Å². The lowest BCUT2D eigenvalue weighted by Gasteiger charge is -2.03. The van der Waals surface area contributed by atoms with Crippen molar-refractivity contribution in [1.82, 2.24) is 10.6 Å². The number of hydrogen-bond acceptors (Lipinski definition) is 2. The molecule has 0 unspecified atom stereocenters. The number of hydrogen-bond donors (Lipinski definition) is 2. The lowest BCUT2D eigenvalue weighted by atomic mass is 10.4. The Hall–Kier alpha value is -0.830. The zero-order valence-electron chi connectivity index (χ0n) is 7.73. The quantitative estimate of drug-likeness (QED) is 0.436. The van der Waals surface area contributed by atoms with Crippen LogP contribution in [0.5, 0.6) is 0 Å². The summed E-state index contributed by atoms with van der Waals surface area (Å²) in [5.74, 6) is 0.0703. The normalized spacial score (nSPS) is 9.42. The van der Waals surface area contributed by atoms with E-state index in [0.717, 1.165) is 25.9 Å². The molecule has 0 heterocycles. The van der Waals surface area contributed by atoms with Crippen LogP contribution in [0.1, 0.15) is 19.8 Å². The number of carbonyl (C=O) groups is 1. The van der Waals surface area contributed by atoms with Gasteiger partial charge in [-0.2, -0.15) is 0 Å². The molecule has 12 heavy (non-hydrogen) atoms. The first kappa shape index (κ1) is 11.2. The van der Waals surface area contributed by atoms with Gasteiger partial charge in [-0.1, -0.05) is 13.0 Å². The maximum Gasteiger partial charge on any atom is 0.233 e. The van der Waals surface area contributed by atoms with Crippen molar-refractivity contribution in [3.63, 3.8) is 0 Å². The fourth-order valence-corrected chi connectivity index (χ4v) is 0.733. The maximum atomic E-state index is 11.0. The van der Waals surface area contributed by atoms with Gasteiger partial charge in [0.25, 0.3) is 0 Å². The molecule has 0 aliphatic carbocycles. The van der Waals surface area contributed by atoms with Crippen LogP contribution in [-0.2, 0) is 4.79 Å². The summed E-state index contributed by atoms with van der Waals surface area (Å²) in [6.07, 6.45) is 3.72. The van der Waals surface area contributed by atoms with Crippen molar-refractivity contribution in [2.75, 3.05) is 19.6 Å². The smallest absolute Gasteiger partial charge is 0.233 e. The van der Waals surface area contributed by atoms with Crippen LogP contribution >= 0.6 is 0 Å². The molecule has 3 heteroatoms.